The summed E-state index contributed by atoms with van der Waals surface area (Å²) in [6.45, 7) is 10.6. The molecule has 716 valence electrons. The van der Waals surface area contributed by atoms with E-state index in [-0.39, 0.29) is 111 Å². The highest BCUT2D eigenvalue weighted by Gasteiger charge is 2.26. The van der Waals surface area contributed by atoms with Crippen molar-refractivity contribution in [3.8, 4) is 11.5 Å². The van der Waals surface area contributed by atoms with Gasteiger partial charge in [-0.2, -0.15) is 70.5 Å². The molecule has 0 saturated carbocycles. The van der Waals surface area contributed by atoms with Crippen LogP contribution in [0.2, 0.25) is 15.9 Å². The molecule has 3 amide bonds. The van der Waals surface area contributed by atoms with Gasteiger partial charge in [0, 0.05) is 66.9 Å². The summed E-state index contributed by atoms with van der Waals surface area (Å²) in [6.07, 6.45) is 0. The third kappa shape index (κ3) is 28.3. The summed E-state index contributed by atoms with van der Waals surface area (Å²) in [5.74, 6) is -0.444. The number of benzene rings is 13. The van der Waals surface area contributed by atoms with Crippen molar-refractivity contribution in [3.05, 3.63) is 263 Å². The van der Waals surface area contributed by atoms with Crippen LogP contribution in [0.4, 0.5) is 102 Å². The van der Waals surface area contributed by atoms with Gasteiger partial charge in [0.1, 0.15) is 43.1 Å². The molecule has 17 N–H and O–H groups in total. The molecule has 0 saturated heterocycles. The van der Waals surface area contributed by atoms with E-state index < -0.39 is 61.7 Å². The lowest BCUT2D eigenvalue weighted by atomic mass is 10.1. The number of hydrogen-bond donors (Lipinski definition) is 15. The van der Waals surface area contributed by atoms with Crippen LogP contribution in [0.5, 0.6) is 11.5 Å². The Hall–Kier alpha value is -14.2. The number of rotatable bonds is 30. The van der Waals surface area contributed by atoms with E-state index >= 15 is 0 Å². The summed E-state index contributed by atoms with van der Waals surface area (Å²) < 4.78 is 139. The lowest BCUT2D eigenvalue weighted by Gasteiger charge is -2.12. The van der Waals surface area contributed by atoms with Crippen molar-refractivity contribution in [3.63, 3.8) is 0 Å². The van der Waals surface area contributed by atoms with Crippen LogP contribution in [0.25, 0.3) is 43.1 Å². The van der Waals surface area contributed by atoms with E-state index in [1.165, 1.54) is 61.5 Å². The van der Waals surface area contributed by atoms with E-state index in [1.807, 2.05) is 57.2 Å². The maximum absolute atomic E-state index is 12.4. The Morgan fingerprint density at radius 3 is 1.32 bits per heavy atom. The maximum Gasteiger partial charge on any atom is 0.316 e. The molecule has 0 aliphatic heterocycles. The Balaban J connectivity index is 0.000000175. The molecule has 2 heterocycles. The zero-order valence-electron chi connectivity index (χ0n) is 71.1. The maximum atomic E-state index is 12.4. The third-order valence-corrected chi connectivity index (χ3v) is 24.8. The van der Waals surface area contributed by atoms with Crippen molar-refractivity contribution in [2.75, 3.05) is 32.3 Å². The monoisotopic (exact) mass is 2080 g/mol. The van der Waals surface area contributed by atoms with Crippen LogP contribution < -0.4 is 38.1 Å². The molecular formula is C84H68Cl3N21O24S7. The molecule has 0 unspecified atom stereocenters. The van der Waals surface area contributed by atoms with E-state index in [9.17, 15) is 67.1 Å². The van der Waals surface area contributed by atoms with Crippen molar-refractivity contribution in [2.45, 2.75) is 62.0 Å². The van der Waals surface area contributed by atoms with Gasteiger partial charge in [-0.25, -0.2) is 29.0 Å². The van der Waals surface area contributed by atoms with Gasteiger partial charge in [0.2, 0.25) is 39.6 Å². The highest BCUT2D eigenvalue weighted by atomic mass is 35.5. The van der Waals surface area contributed by atoms with Crippen LogP contribution in [-0.4, -0.2) is 115 Å². The number of aryl methyl sites for hydroxylation is 3. The van der Waals surface area contributed by atoms with Gasteiger partial charge >= 0.3 is 6.03 Å². The number of urea groups is 1. The molecule has 55 heteroatoms. The first-order chi connectivity index (χ1) is 66.1. The largest absolute Gasteiger partial charge is 0.505 e. The number of hydrogen-bond acceptors (Lipinski definition) is 42. The Bertz CT molecular complexity index is 7830. The molecule has 2 aromatic heterocycles. The van der Waals surface area contributed by atoms with Gasteiger partial charge in [-0.15, -0.1) is 38.6 Å². The van der Waals surface area contributed by atoms with Crippen molar-refractivity contribution >= 4 is 264 Å². The molecular weight excluding hydrogens is 2020 g/mol. The van der Waals surface area contributed by atoms with E-state index in [4.69, 9.17) is 62.0 Å². The first kappa shape index (κ1) is 104. The van der Waals surface area contributed by atoms with Crippen molar-refractivity contribution in [1.82, 2.24) is 29.9 Å². The van der Waals surface area contributed by atoms with Gasteiger partial charge in [0.15, 0.2) is 21.3 Å². The van der Waals surface area contributed by atoms with Gasteiger partial charge < -0.3 is 48.3 Å². The Morgan fingerprint density at radius 2 is 0.835 bits per heavy atom. The molecule has 0 atom stereocenters. The minimum absolute atomic E-state index is 0.0145. The Labute approximate surface area is 813 Å². The number of aromatic hydroxyl groups is 2. The summed E-state index contributed by atoms with van der Waals surface area (Å²) in [4.78, 5) is 45.8. The van der Waals surface area contributed by atoms with Gasteiger partial charge in [0.05, 0.1) is 79.3 Å². The van der Waals surface area contributed by atoms with E-state index in [2.05, 4.69) is 132 Å². The Morgan fingerprint density at radius 1 is 0.417 bits per heavy atom. The van der Waals surface area contributed by atoms with Crippen LogP contribution in [-0.2, 0) is 73.1 Å². The number of fused-ring (bicyclic) bond motifs is 4. The first-order valence-corrected chi connectivity index (χ1v) is 47.9. The summed E-state index contributed by atoms with van der Waals surface area (Å²) in [5.41, 5.74) is 18.3. The second-order valence-electron chi connectivity index (χ2n) is 28.2. The number of halogens is 3. The fraction of sp³-hybridized carbons (Fsp3) is 0.0476. The van der Waals surface area contributed by atoms with Crippen molar-refractivity contribution in [1.29, 1.82) is 0 Å². The number of nitrogens with one attached hydrogen (secondary N) is 5. The number of anilines is 9. The van der Waals surface area contributed by atoms with E-state index in [0.29, 0.717) is 118 Å². The number of carbonyl (C=O) groups is 2. The zero-order valence-corrected chi connectivity index (χ0v) is 79.1. The SMILES string of the molecule is C=CS(=O)(=O)c1ccc(Nc2nc(Cl)nc(Nc3ccc(N=Nc4cc5c(S(=O)(=O)O)cc(SOOO)cc5cc4S(=O)(=O)O)c(NC(N)=O)c3)n2)cc1.CC(=O)Nc1ccc2c(O)c(N=Nc3ccc(C)cc3)c(SOOO)cc2c1.Cc1ccc(N=Nc2c(SOOO)cc3cc(Nc4nc(Cl)nc(Cl)n4)ccc3c2O)cc1.Cc1ccc(N=Nc2cc(S(=O)(=O)O)c3ccccc3c2N)cc1. The summed E-state index contributed by atoms with van der Waals surface area (Å²) in [5, 5.41) is 107. The smallest absolute Gasteiger partial charge is 0.316 e. The summed E-state index contributed by atoms with van der Waals surface area (Å²) in [7, 11) is -18.1. The molecule has 15 aromatic rings. The van der Waals surface area contributed by atoms with Crippen LogP contribution >= 0.6 is 70.9 Å². The quantitative estimate of drug-likeness (QED) is 0.00496. The highest BCUT2D eigenvalue weighted by molar-refractivity contribution is 7.95. The number of nitrogens with zero attached hydrogens (tertiary/aromatic N) is 14. The summed E-state index contributed by atoms with van der Waals surface area (Å²) in [6, 6.07) is 56.0. The number of carbonyl (C=O) groups excluding carboxylic acids is 2. The van der Waals surface area contributed by atoms with Gasteiger partial charge in [0.25, 0.3) is 30.4 Å². The number of nitrogen functional groups attached to an aromatic ring is 1. The number of phenols is 2. The average Bonchev–Trinajstić information content (AvgIpc) is 0.751. The van der Waals surface area contributed by atoms with Gasteiger partial charge in [-0.1, -0.05) is 99.0 Å². The molecule has 0 aliphatic rings. The molecule has 0 radical (unpaired) electrons. The lowest BCUT2D eigenvalue weighted by molar-refractivity contribution is -0.432. The number of aromatic nitrogens is 6. The molecule has 0 spiro atoms. The zero-order chi connectivity index (χ0) is 100. The standard InChI is InChI=1S/C28H22ClN9O12S4.C20H14Cl2N6O4S.C19H17N3O5S.C17H15N3O3S/c1-2-52(41,42)18-6-3-15(4-7-18)31-27-34-25(29)35-28(36-27)32-16-5-8-20(21(11-16)33-26(30)39)37-38-22-13-19-14(10-24(22)54(46,47)48)9-17(51-50-49-40)12-23(19)53(43,44)45;1-10-2-4-12(5-3-10)27-28-16-15(33-32-31-30)9-11-8-13(6-7-14(11)17(16)29)23-20-25-18(21)24-19(22)26-20;1-11-3-5-14(6-4-11)21-22-18-17(28-27-26-25)10-13-9-15(20-12(2)23)7-8-16(13)19(18)24;1-11-6-8-12(9-7-11)19-20-15-10-16(24(21,22)23)13-4-2-3-5-14(13)17(15)18/h2-13,40H,1H2,(H3,30,33,39)(H,43,44,45)(H,46,47,48)(H2,31,32,34,35,36);2-9,29-30H,1H3,(H,23,24,25,26);3-10,24-25H,1-2H3,(H,20,23);2-10H,18H2,1H3,(H,21,22,23). The number of primary amides is 1. The second-order valence-corrected chi connectivity index (χ2v) is 37.5. The topological polar surface area (TPSA) is 676 Å². The fourth-order valence-corrected chi connectivity index (χ4v) is 17.1. The molecule has 0 bridgehead atoms. The van der Waals surface area contributed by atoms with E-state index in [1.54, 1.807) is 109 Å². The number of sulfone groups is 1. The molecule has 0 fully saturated rings. The molecule has 139 heavy (non-hydrogen) atoms. The first-order valence-electron chi connectivity index (χ1n) is 38.6. The van der Waals surface area contributed by atoms with Gasteiger partial charge in [-0.3, -0.25) is 18.5 Å². The van der Waals surface area contributed by atoms with Crippen molar-refractivity contribution in [2.24, 2.45) is 46.6 Å². The van der Waals surface area contributed by atoms with Gasteiger partial charge in [-0.05, 0) is 229 Å². The number of amides is 3. The third-order valence-electron chi connectivity index (χ3n) is 18.5. The molecule has 15 rings (SSSR count). The number of nitrogens with two attached hydrogens (primary N) is 2. The van der Waals surface area contributed by atoms with E-state index in [0.717, 1.165) is 40.3 Å². The van der Waals surface area contributed by atoms with Crippen molar-refractivity contribution < 1.29 is 111 Å². The number of azo groups is 4. The highest BCUT2D eigenvalue weighted by Crippen LogP contribution is 2.48. The summed E-state index contributed by atoms with van der Waals surface area (Å²) >= 11 is 19.3. The molecule has 0 aliphatic carbocycles. The number of phenolic OH excluding ortho intramolecular Hbond substituents is 2. The van der Waals surface area contributed by atoms with Crippen LogP contribution in [0.15, 0.2) is 306 Å². The predicted molar refractivity (Wildman–Crippen MR) is 517 cm³/mol. The normalized spacial score (nSPS) is 11.8. The predicted octanol–water partition coefficient (Wildman–Crippen LogP) is 22.9. The van der Waals surface area contributed by atoms with Crippen LogP contribution in [0.1, 0.15) is 23.6 Å². The molecule has 45 nitrogen and oxygen atoms in total. The lowest BCUT2D eigenvalue weighted by Crippen LogP contribution is -2.19. The minimum Gasteiger partial charge on any atom is -0.505 e. The second kappa shape index (κ2) is 46.3. The average molecular weight is 2090 g/mol. The molecule has 13 aromatic carbocycles. The van der Waals surface area contributed by atoms with Crippen LogP contribution in [0.3, 0.4) is 0 Å². The Kier molecular flexibility index (Phi) is 34.6. The fourth-order valence-electron chi connectivity index (χ4n) is 12.3. The van der Waals surface area contributed by atoms with Crippen LogP contribution in [0, 0.1) is 20.8 Å². The minimum atomic E-state index is -5.04.